The molecule has 4 nitrogen and oxygen atoms in total. The van der Waals surface area contributed by atoms with Crippen LogP contribution in [-0.2, 0) is 4.79 Å². The Bertz CT molecular complexity index is 327. The van der Waals surface area contributed by atoms with E-state index in [1.165, 1.54) is 12.8 Å². The van der Waals surface area contributed by atoms with E-state index in [2.05, 4.69) is 22.0 Å². The molecule has 3 fully saturated rings. The predicted molar refractivity (Wildman–Crippen MR) is 78.6 cm³/mol. The Balaban J connectivity index is 0.00000133. The number of hydrogen-bond acceptors (Lipinski definition) is 3. The SMILES string of the molecule is CC1(C(=O)N2CCC(N3CCNCC3)C2)CCC1.Cl. The molecule has 0 spiro atoms. The summed E-state index contributed by atoms with van der Waals surface area (Å²) in [6.45, 7) is 8.58. The maximum absolute atomic E-state index is 12.5. The maximum Gasteiger partial charge on any atom is 0.228 e. The summed E-state index contributed by atoms with van der Waals surface area (Å²) in [5.41, 5.74) is -0.0155. The first-order valence-corrected chi connectivity index (χ1v) is 7.43. The van der Waals surface area contributed by atoms with Gasteiger partial charge in [-0.2, -0.15) is 0 Å². The van der Waals surface area contributed by atoms with E-state index in [-0.39, 0.29) is 17.8 Å². The lowest BCUT2D eigenvalue weighted by Gasteiger charge is -2.40. The number of carbonyl (C=O) groups excluding carboxylic acids is 1. The van der Waals surface area contributed by atoms with Crippen LogP contribution in [0.25, 0.3) is 0 Å². The smallest absolute Gasteiger partial charge is 0.228 e. The van der Waals surface area contributed by atoms with Crippen molar-refractivity contribution in [3.63, 3.8) is 0 Å². The molecule has 2 aliphatic heterocycles. The van der Waals surface area contributed by atoms with Crippen molar-refractivity contribution < 1.29 is 4.79 Å². The largest absolute Gasteiger partial charge is 0.341 e. The van der Waals surface area contributed by atoms with Crippen LogP contribution >= 0.6 is 12.4 Å². The summed E-state index contributed by atoms with van der Waals surface area (Å²) >= 11 is 0. The van der Waals surface area contributed by atoms with Crippen molar-refractivity contribution in [1.82, 2.24) is 15.1 Å². The van der Waals surface area contributed by atoms with E-state index >= 15 is 0 Å². The molecule has 0 aromatic heterocycles. The zero-order valence-electron chi connectivity index (χ0n) is 11.9. The molecule has 0 aromatic rings. The lowest BCUT2D eigenvalue weighted by molar-refractivity contribution is -0.145. The highest BCUT2D eigenvalue weighted by Gasteiger charge is 2.44. The third-order valence-corrected chi connectivity index (χ3v) is 5.09. The predicted octanol–water partition coefficient (Wildman–Crippen LogP) is 1.10. The van der Waals surface area contributed by atoms with Gasteiger partial charge >= 0.3 is 0 Å². The number of piperazine rings is 1. The number of hydrogen-bond donors (Lipinski definition) is 1. The van der Waals surface area contributed by atoms with Gasteiger partial charge in [-0.1, -0.05) is 13.3 Å². The maximum atomic E-state index is 12.5. The van der Waals surface area contributed by atoms with Crippen LogP contribution in [0.1, 0.15) is 32.6 Å². The lowest BCUT2D eigenvalue weighted by Crippen LogP contribution is -2.50. The number of rotatable bonds is 2. The lowest BCUT2D eigenvalue weighted by atomic mass is 9.69. The monoisotopic (exact) mass is 287 g/mol. The van der Waals surface area contributed by atoms with Crippen molar-refractivity contribution >= 4 is 18.3 Å². The summed E-state index contributed by atoms with van der Waals surface area (Å²) in [5.74, 6) is 0.423. The van der Waals surface area contributed by atoms with Gasteiger partial charge in [0.25, 0.3) is 0 Å². The fourth-order valence-corrected chi connectivity index (χ4v) is 3.57. The zero-order chi connectivity index (χ0) is 12.6. The third kappa shape index (κ3) is 2.91. The fraction of sp³-hybridized carbons (Fsp3) is 0.929. The summed E-state index contributed by atoms with van der Waals surface area (Å²) < 4.78 is 0. The first-order chi connectivity index (χ1) is 8.69. The molecule has 3 rings (SSSR count). The highest BCUT2D eigenvalue weighted by Crippen LogP contribution is 2.42. The number of halogens is 1. The van der Waals surface area contributed by atoms with Gasteiger partial charge in [-0.15, -0.1) is 12.4 Å². The Labute approximate surface area is 122 Å². The molecule has 2 heterocycles. The minimum Gasteiger partial charge on any atom is -0.341 e. The molecule has 1 amide bonds. The molecule has 0 aromatic carbocycles. The molecular weight excluding hydrogens is 262 g/mol. The first kappa shape index (κ1) is 15.1. The van der Waals surface area contributed by atoms with Gasteiger partial charge in [-0.3, -0.25) is 9.69 Å². The van der Waals surface area contributed by atoms with Crippen molar-refractivity contribution in [2.45, 2.75) is 38.6 Å². The second kappa shape index (κ2) is 5.98. The van der Waals surface area contributed by atoms with Crippen LogP contribution in [0.4, 0.5) is 0 Å². The first-order valence-electron chi connectivity index (χ1n) is 7.43. The molecule has 5 heteroatoms. The second-order valence-corrected chi connectivity index (χ2v) is 6.39. The van der Waals surface area contributed by atoms with Gasteiger partial charge in [0.05, 0.1) is 0 Å². The van der Waals surface area contributed by atoms with Crippen molar-refractivity contribution in [3.8, 4) is 0 Å². The van der Waals surface area contributed by atoms with Crippen LogP contribution in [0, 0.1) is 5.41 Å². The van der Waals surface area contributed by atoms with Gasteiger partial charge in [0.2, 0.25) is 5.91 Å². The van der Waals surface area contributed by atoms with Crippen molar-refractivity contribution in [1.29, 1.82) is 0 Å². The van der Waals surface area contributed by atoms with Gasteiger partial charge < -0.3 is 10.2 Å². The highest BCUT2D eigenvalue weighted by molar-refractivity contribution is 5.85. The van der Waals surface area contributed by atoms with Crippen LogP contribution in [0.3, 0.4) is 0 Å². The van der Waals surface area contributed by atoms with Gasteiger partial charge in [0.1, 0.15) is 0 Å². The summed E-state index contributed by atoms with van der Waals surface area (Å²) in [5, 5.41) is 3.39. The zero-order valence-corrected chi connectivity index (χ0v) is 12.7. The molecular formula is C14H26ClN3O. The normalized spacial score (nSPS) is 30.6. The molecule has 1 saturated carbocycles. The van der Waals surface area contributed by atoms with E-state index < -0.39 is 0 Å². The molecule has 2 saturated heterocycles. The molecule has 110 valence electrons. The number of nitrogens with zero attached hydrogens (tertiary/aromatic N) is 2. The van der Waals surface area contributed by atoms with Gasteiger partial charge in [-0.05, 0) is 19.3 Å². The molecule has 0 radical (unpaired) electrons. The van der Waals surface area contributed by atoms with E-state index in [4.69, 9.17) is 0 Å². The van der Waals surface area contributed by atoms with Crippen molar-refractivity contribution in [2.24, 2.45) is 5.41 Å². The van der Waals surface area contributed by atoms with E-state index in [1.54, 1.807) is 0 Å². The summed E-state index contributed by atoms with van der Waals surface area (Å²) in [4.78, 5) is 17.2. The minimum atomic E-state index is -0.0155. The highest BCUT2D eigenvalue weighted by atomic mass is 35.5. The van der Waals surface area contributed by atoms with Crippen LogP contribution in [-0.4, -0.2) is 61.0 Å². The minimum absolute atomic E-state index is 0. The van der Waals surface area contributed by atoms with Gasteiger partial charge in [0, 0.05) is 50.7 Å². The molecule has 0 bridgehead atoms. The van der Waals surface area contributed by atoms with Crippen molar-refractivity contribution in [3.05, 3.63) is 0 Å². The number of nitrogens with one attached hydrogen (secondary N) is 1. The van der Waals surface area contributed by atoms with E-state index in [0.29, 0.717) is 11.9 Å². The Kier molecular flexibility index (Phi) is 4.75. The average Bonchev–Trinajstić information content (AvgIpc) is 2.85. The summed E-state index contributed by atoms with van der Waals surface area (Å²) in [7, 11) is 0. The van der Waals surface area contributed by atoms with Crippen LogP contribution in [0.5, 0.6) is 0 Å². The number of amides is 1. The van der Waals surface area contributed by atoms with Gasteiger partial charge in [-0.25, -0.2) is 0 Å². The molecule has 3 aliphatic rings. The number of likely N-dealkylation sites (tertiary alicyclic amines) is 1. The molecule has 1 unspecified atom stereocenters. The molecule has 1 N–H and O–H groups in total. The Morgan fingerprint density at radius 1 is 1.21 bits per heavy atom. The summed E-state index contributed by atoms with van der Waals surface area (Å²) in [6, 6.07) is 0.611. The Morgan fingerprint density at radius 3 is 2.47 bits per heavy atom. The van der Waals surface area contributed by atoms with Gasteiger partial charge in [0.15, 0.2) is 0 Å². The van der Waals surface area contributed by atoms with Crippen LogP contribution in [0.2, 0.25) is 0 Å². The van der Waals surface area contributed by atoms with E-state index in [1.807, 2.05) is 0 Å². The topological polar surface area (TPSA) is 35.6 Å². The van der Waals surface area contributed by atoms with E-state index in [0.717, 1.165) is 52.1 Å². The van der Waals surface area contributed by atoms with E-state index in [9.17, 15) is 4.79 Å². The van der Waals surface area contributed by atoms with Crippen LogP contribution < -0.4 is 5.32 Å². The molecule has 19 heavy (non-hydrogen) atoms. The van der Waals surface area contributed by atoms with Crippen molar-refractivity contribution in [2.75, 3.05) is 39.3 Å². The average molecular weight is 288 g/mol. The third-order valence-electron chi connectivity index (χ3n) is 5.09. The Hall–Kier alpha value is -0.320. The Morgan fingerprint density at radius 2 is 1.89 bits per heavy atom. The summed E-state index contributed by atoms with van der Waals surface area (Å²) in [6.07, 6.45) is 4.60. The van der Waals surface area contributed by atoms with Crippen LogP contribution in [0.15, 0.2) is 0 Å². The standard InChI is InChI=1S/C14H25N3O.ClH/c1-14(4-2-5-14)13(18)17-8-3-12(11-17)16-9-6-15-7-10-16;/h12,15H,2-11H2,1H3;1H. The fourth-order valence-electron chi connectivity index (χ4n) is 3.57. The number of carbonyl (C=O) groups is 1. The molecule has 1 aliphatic carbocycles. The second-order valence-electron chi connectivity index (χ2n) is 6.39. The quantitative estimate of drug-likeness (QED) is 0.826. The molecule has 1 atom stereocenters.